The molecule has 0 unspecified atom stereocenters. The highest BCUT2D eigenvalue weighted by atomic mass is 35.5. The van der Waals surface area contributed by atoms with Crippen molar-refractivity contribution in [2.45, 2.75) is 26.3 Å². The Morgan fingerprint density at radius 3 is 2.68 bits per heavy atom. The molecule has 5 nitrogen and oxygen atoms in total. The highest BCUT2D eigenvalue weighted by Crippen LogP contribution is 2.25. The summed E-state index contributed by atoms with van der Waals surface area (Å²) in [5.74, 6) is 2.34. The van der Waals surface area contributed by atoms with Gasteiger partial charge in [0.15, 0.2) is 0 Å². The van der Waals surface area contributed by atoms with E-state index in [9.17, 15) is 4.79 Å². The van der Waals surface area contributed by atoms with Crippen molar-refractivity contribution in [1.29, 1.82) is 0 Å². The number of anilines is 1. The van der Waals surface area contributed by atoms with Crippen LogP contribution >= 0.6 is 23.4 Å². The molecule has 0 bridgehead atoms. The van der Waals surface area contributed by atoms with Crippen molar-refractivity contribution in [3.63, 3.8) is 0 Å². The quantitative estimate of drug-likeness (QED) is 0.538. The molecular formula is C24H27ClN4OS. The first kappa shape index (κ1) is 21.9. The first-order chi connectivity index (χ1) is 15.0. The number of hydrogen-bond acceptors (Lipinski definition) is 4. The van der Waals surface area contributed by atoms with Gasteiger partial charge < -0.3 is 5.32 Å². The predicted octanol–water partition coefficient (Wildman–Crippen LogP) is 5.45. The molecule has 0 spiro atoms. The van der Waals surface area contributed by atoms with Crippen LogP contribution in [-0.4, -0.2) is 45.2 Å². The number of aromatic nitrogens is 2. The van der Waals surface area contributed by atoms with E-state index in [4.69, 9.17) is 11.6 Å². The van der Waals surface area contributed by atoms with Crippen LogP contribution < -0.4 is 5.32 Å². The fourth-order valence-corrected chi connectivity index (χ4v) is 5.03. The van der Waals surface area contributed by atoms with E-state index in [0.29, 0.717) is 10.6 Å². The number of rotatable bonds is 6. The first-order valence-electron chi connectivity index (χ1n) is 10.6. The Labute approximate surface area is 192 Å². The lowest BCUT2D eigenvalue weighted by Crippen LogP contribution is -2.31. The second-order valence-electron chi connectivity index (χ2n) is 8.03. The summed E-state index contributed by atoms with van der Waals surface area (Å²) >= 11 is 8.17. The summed E-state index contributed by atoms with van der Waals surface area (Å²) in [6, 6.07) is 15.6. The van der Waals surface area contributed by atoms with Crippen molar-refractivity contribution in [3.05, 3.63) is 76.6 Å². The Balaban J connectivity index is 1.54. The first-order valence-corrected chi connectivity index (χ1v) is 12.1. The molecule has 1 amide bonds. The van der Waals surface area contributed by atoms with E-state index in [-0.39, 0.29) is 11.8 Å². The van der Waals surface area contributed by atoms with E-state index >= 15 is 0 Å². The summed E-state index contributed by atoms with van der Waals surface area (Å²) in [7, 11) is 0. The smallest absolute Gasteiger partial charge is 0.259 e. The third kappa shape index (κ3) is 5.32. The summed E-state index contributed by atoms with van der Waals surface area (Å²) in [5, 5.41) is 8.20. The molecule has 1 N–H and O–H groups in total. The molecule has 7 heteroatoms. The minimum atomic E-state index is -0.150. The van der Waals surface area contributed by atoms with Crippen LogP contribution in [0, 0.1) is 0 Å². The molecule has 3 aromatic rings. The molecule has 31 heavy (non-hydrogen) atoms. The van der Waals surface area contributed by atoms with Crippen LogP contribution in [0.5, 0.6) is 0 Å². The average Bonchev–Trinajstić information content (AvgIpc) is 3.21. The van der Waals surface area contributed by atoms with Crippen LogP contribution in [0.1, 0.15) is 41.4 Å². The Hall–Kier alpha value is -2.28. The number of carbonyl (C=O) groups excluding carboxylic acids is 1. The SMILES string of the molecule is CC(C)c1c(C(=O)Nc2cccc(CN3CCSCC3)c2)cnn1-c1cccc(Cl)c1. The van der Waals surface area contributed by atoms with Crippen molar-refractivity contribution in [3.8, 4) is 5.69 Å². The number of nitrogens with one attached hydrogen (secondary N) is 1. The van der Waals surface area contributed by atoms with E-state index < -0.39 is 0 Å². The van der Waals surface area contributed by atoms with Gasteiger partial charge >= 0.3 is 0 Å². The zero-order valence-electron chi connectivity index (χ0n) is 17.8. The largest absolute Gasteiger partial charge is 0.322 e. The topological polar surface area (TPSA) is 50.2 Å². The van der Waals surface area contributed by atoms with Gasteiger partial charge in [-0.3, -0.25) is 9.69 Å². The minimum absolute atomic E-state index is 0.116. The lowest BCUT2D eigenvalue weighted by atomic mass is 10.0. The molecule has 1 aliphatic heterocycles. The maximum atomic E-state index is 13.1. The van der Waals surface area contributed by atoms with Crippen LogP contribution in [0.15, 0.2) is 54.7 Å². The molecule has 1 aliphatic rings. The molecule has 0 atom stereocenters. The number of halogens is 1. The highest BCUT2D eigenvalue weighted by Gasteiger charge is 2.21. The van der Waals surface area contributed by atoms with Crippen molar-refractivity contribution < 1.29 is 4.79 Å². The van der Waals surface area contributed by atoms with E-state index in [1.165, 1.54) is 17.1 Å². The maximum absolute atomic E-state index is 13.1. The van der Waals surface area contributed by atoms with E-state index in [0.717, 1.165) is 36.7 Å². The average molecular weight is 455 g/mol. The van der Waals surface area contributed by atoms with E-state index in [1.54, 1.807) is 10.9 Å². The van der Waals surface area contributed by atoms with Gasteiger partial charge in [-0.1, -0.05) is 43.6 Å². The van der Waals surface area contributed by atoms with Gasteiger partial charge in [-0.05, 0) is 41.8 Å². The molecule has 1 aromatic heterocycles. The van der Waals surface area contributed by atoms with E-state index in [2.05, 4.69) is 41.3 Å². The van der Waals surface area contributed by atoms with Crippen molar-refractivity contribution in [2.24, 2.45) is 0 Å². The lowest BCUT2D eigenvalue weighted by Gasteiger charge is -2.26. The standard InChI is InChI=1S/C24H27ClN4OS/c1-17(2)23-22(15-26-29(23)21-8-4-6-19(25)14-21)24(30)27-20-7-3-5-18(13-20)16-28-9-11-31-12-10-28/h3-8,13-15,17H,9-12,16H2,1-2H3,(H,27,30). The Kier molecular flexibility index (Phi) is 7.00. The fraction of sp³-hybridized carbons (Fsp3) is 0.333. The number of nitrogens with zero attached hydrogens (tertiary/aromatic N) is 3. The molecule has 1 fully saturated rings. The molecule has 2 aromatic carbocycles. The number of thioether (sulfide) groups is 1. The van der Waals surface area contributed by atoms with E-state index in [1.807, 2.05) is 48.2 Å². The number of benzene rings is 2. The second-order valence-corrected chi connectivity index (χ2v) is 9.69. The molecular weight excluding hydrogens is 428 g/mol. The Morgan fingerprint density at radius 2 is 1.94 bits per heavy atom. The normalized spacial score (nSPS) is 14.7. The fourth-order valence-electron chi connectivity index (χ4n) is 3.87. The van der Waals surface area contributed by atoms with Crippen LogP contribution in [0.25, 0.3) is 5.69 Å². The van der Waals surface area contributed by atoms with Gasteiger partial charge in [0.25, 0.3) is 5.91 Å². The molecule has 4 rings (SSSR count). The van der Waals surface area contributed by atoms with Gasteiger partial charge in [0, 0.05) is 41.8 Å². The van der Waals surface area contributed by atoms with Crippen molar-refractivity contribution >= 4 is 35.0 Å². The summed E-state index contributed by atoms with van der Waals surface area (Å²) in [6.45, 7) is 7.26. The van der Waals surface area contributed by atoms with Crippen LogP contribution in [0.4, 0.5) is 5.69 Å². The third-order valence-corrected chi connectivity index (χ3v) is 6.52. The van der Waals surface area contributed by atoms with Gasteiger partial charge in [-0.2, -0.15) is 16.9 Å². The van der Waals surface area contributed by atoms with Gasteiger partial charge in [-0.15, -0.1) is 0 Å². The zero-order chi connectivity index (χ0) is 21.8. The van der Waals surface area contributed by atoms with Crippen molar-refractivity contribution in [1.82, 2.24) is 14.7 Å². The van der Waals surface area contributed by atoms with Crippen LogP contribution in [-0.2, 0) is 6.54 Å². The third-order valence-electron chi connectivity index (χ3n) is 5.35. The summed E-state index contributed by atoms with van der Waals surface area (Å²) in [5.41, 5.74) is 4.30. The summed E-state index contributed by atoms with van der Waals surface area (Å²) in [4.78, 5) is 15.6. The van der Waals surface area contributed by atoms with Gasteiger partial charge in [0.05, 0.1) is 23.1 Å². The summed E-state index contributed by atoms with van der Waals surface area (Å²) in [6.07, 6.45) is 1.64. The Bertz CT molecular complexity index is 1060. The predicted molar refractivity (Wildman–Crippen MR) is 130 cm³/mol. The molecule has 0 radical (unpaired) electrons. The molecule has 162 valence electrons. The van der Waals surface area contributed by atoms with Gasteiger partial charge in [0.2, 0.25) is 0 Å². The lowest BCUT2D eigenvalue weighted by molar-refractivity contribution is 0.102. The van der Waals surface area contributed by atoms with Gasteiger partial charge in [-0.25, -0.2) is 4.68 Å². The number of amides is 1. The molecule has 1 saturated heterocycles. The minimum Gasteiger partial charge on any atom is -0.322 e. The monoisotopic (exact) mass is 454 g/mol. The molecule has 0 aliphatic carbocycles. The maximum Gasteiger partial charge on any atom is 0.259 e. The number of carbonyl (C=O) groups is 1. The van der Waals surface area contributed by atoms with Gasteiger partial charge in [0.1, 0.15) is 0 Å². The zero-order valence-corrected chi connectivity index (χ0v) is 19.4. The Morgan fingerprint density at radius 1 is 1.16 bits per heavy atom. The molecule has 2 heterocycles. The van der Waals surface area contributed by atoms with Crippen LogP contribution in [0.3, 0.4) is 0 Å². The number of hydrogen-bond donors (Lipinski definition) is 1. The van der Waals surface area contributed by atoms with Crippen molar-refractivity contribution in [2.75, 3.05) is 29.9 Å². The molecule has 0 saturated carbocycles. The summed E-state index contributed by atoms with van der Waals surface area (Å²) < 4.78 is 1.80. The second kappa shape index (κ2) is 9.90. The highest BCUT2D eigenvalue weighted by molar-refractivity contribution is 7.99. The van der Waals surface area contributed by atoms with Crippen LogP contribution in [0.2, 0.25) is 5.02 Å².